The number of methoxy groups -OCH3 is 1. The molecule has 0 heterocycles. The molecule has 0 aromatic heterocycles. The third-order valence-corrected chi connectivity index (χ3v) is 4.21. The van der Waals surface area contributed by atoms with E-state index in [2.05, 4.69) is 21.2 Å². The number of hydrogen-bond donors (Lipinski definition) is 1. The van der Waals surface area contributed by atoms with E-state index in [0.29, 0.717) is 10.6 Å². The normalized spacial score (nSPS) is 11.8. The number of halogens is 2. The Bertz CT molecular complexity index is 658. The van der Waals surface area contributed by atoms with Gasteiger partial charge in [0.15, 0.2) is 0 Å². The van der Waals surface area contributed by atoms with Crippen molar-refractivity contribution in [1.82, 2.24) is 5.32 Å². The molecule has 1 atom stereocenters. The summed E-state index contributed by atoms with van der Waals surface area (Å²) in [4.78, 5) is 12.4. The van der Waals surface area contributed by atoms with Gasteiger partial charge in [-0.2, -0.15) is 0 Å². The van der Waals surface area contributed by atoms with Gasteiger partial charge in [-0.05, 0) is 42.3 Å². The molecule has 0 spiro atoms. The summed E-state index contributed by atoms with van der Waals surface area (Å²) in [6.07, 6.45) is 0.784. The fraction of sp³-hybridized carbons (Fsp3) is 0.235. The second-order valence-electron chi connectivity index (χ2n) is 4.83. The first kappa shape index (κ1) is 16.8. The summed E-state index contributed by atoms with van der Waals surface area (Å²) >= 11 is 9.46. The molecule has 2 aromatic carbocycles. The Balaban J connectivity index is 2.16. The first-order valence-electron chi connectivity index (χ1n) is 6.95. The SMILES string of the molecule is CCC(NC(=O)c1ccc(Br)cc1Cl)c1ccc(OC)cc1. The quantitative estimate of drug-likeness (QED) is 0.791. The van der Waals surface area contributed by atoms with E-state index < -0.39 is 0 Å². The van der Waals surface area contributed by atoms with Crippen molar-refractivity contribution < 1.29 is 9.53 Å². The Labute approximate surface area is 143 Å². The average molecular weight is 383 g/mol. The van der Waals surface area contributed by atoms with Gasteiger partial charge in [0.2, 0.25) is 0 Å². The second-order valence-corrected chi connectivity index (χ2v) is 6.15. The first-order chi connectivity index (χ1) is 10.5. The zero-order chi connectivity index (χ0) is 16.1. The van der Waals surface area contributed by atoms with Gasteiger partial charge >= 0.3 is 0 Å². The van der Waals surface area contributed by atoms with Crippen LogP contribution >= 0.6 is 27.5 Å². The van der Waals surface area contributed by atoms with Crippen LogP contribution in [0.3, 0.4) is 0 Å². The van der Waals surface area contributed by atoms with Crippen molar-refractivity contribution in [3.8, 4) is 5.75 Å². The van der Waals surface area contributed by atoms with Gasteiger partial charge in [0.05, 0.1) is 23.7 Å². The molecule has 0 bridgehead atoms. The molecule has 0 saturated heterocycles. The van der Waals surface area contributed by atoms with Crippen molar-refractivity contribution in [2.24, 2.45) is 0 Å². The van der Waals surface area contributed by atoms with Crippen molar-refractivity contribution in [3.63, 3.8) is 0 Å². The molecular weight excluding hydrogens is 366 g/mol. The van der Waals surface area contributed by atoms with Crippen LogP contribution in [-0.4, -0.2) is 13.0 Å². The maximum Gasteiger partial charge on any atom is 0.253 e. The molecule has 5 heteroatoms. The Morgan fingerprint density at radius 3 is 2.50 bits per heavy atom. The van der Waals surface area contributed by atoms with Gasteiger partial charge in [-0.25, -0.2) is 0 Å². The Kier molecular flexibility index (Phi) is 5.86. The first-order valence-corrected chi connectivity index (χ1v) is 8.12. The van der Waals surface area contributed by atoms with Crippen LogP contribution in [0.4, 0.5) is 0 Å². The Hall–Kier alpha value is -1.52. The second kappa shape index (κ2) is 7.65. The van der Waals surface area contributed by atoms with Crippen LogP contribution in [0.2, 0.25) is 5.02 Å². The predicted molar refractivity (Wildman–Crippen MR) is 92.6 cm³/mol. The van der Waals surface area contributed by atoms with Crippen LogP contribution in [0.25, 0.3) is 0 Å². The zero-order valence-corrected chi connectivity index (χ0v) is 14.7. The lowest BCUT2D eigenvalue weighted by atomic mass is 10.0. The maximum atomic E-state index is 12.4. The summed E-state index contributed by atoms with van der Waals surface area (Å²) in [5, 5.41) is 3.44. The summed E-state index contributed by atoms with van der Waals surface area (Å²) in [5.41, 5.74) is 1.50. The third kappa shape index (κ3) is 4.02. The molecule has 1 amide bonds. The molecule has 0 aliphatic rings. The standard InChI is InChI=1S/C17H17BrClNO2/c1-3-16(11-4-7-13(22-2)8-5-11)20-17(21)14-9-6-12(18)10-15(14)19/h4-10,16H,3H2,1-2H3,(H,20,21). The van der Waals surface area contributed by atoms with E-state index in [-0.39, 0.29) is 11.9 Å². The van der Waals surface area contributed by atoms with Gasteiger partial charge in [-0.1, -0.05) is 46.6 Å². The highest BCUT2D eigenvalue weighted by molar-refractivity contribution is 9.10. The predicted octanol–water partition coefficient (Wildman–Crippen LogP) is 4.99. The highest BCUT2D eigenvalue weighted by Gasteiger charge is 2.16. The van der Waals surface area contributed by atoms with Crippen LogP contribution in [0.15, 0.2) is 46.9 Å². The van der Waals surface area contributed by atoms with E-state index in [4.69, 9.17) is 16.3 Å². The molecular formula is C17H17BrClNO2. The number of benzene rings is 2. The zero-order valence-electron chi connectivity index (χ0n) is 12.4. The van der Waals surface area contributed by atoms with Gasteiger partial charge < -0.3 is 10.1 Å². The number of hydrogen-bond acceptors (Lipinski definition) is 2. The minimum absolute atomic E-state index is 0.0712. The number of amides is 1. The van der Waals surface area contributed by atoms with E-state index in [9.17, 15) is 4.79 Å². The highest BCUT2D eigenvalue weighted by atomic mass is 79.9. The minimum Gasteiger partial charge on any atom is -0.497 e. The fourth-order valence-electron chi connectivity index (χ4n) is 2.17. The van der Waals surface area contributed by atoms with Crippen molar-refractivity contribution >= 4 is 33.4 Å². The Morgan fingerprint density at radius 2 is 1.95 bits per heavy atom. The fourth-order valence-corrected chi connectivity index (χ4v) is 2.93. The van der Waals surface area contributed by atoms with Gasteiger partial charge in [-0.3, -0.25) is 4.79 Å². The molecule has 0 saturated carbocycles. The molecule has 1 N–H and O–H groups in total. The molecule has 0 radical (unpaired) electrons. The number of carbonyl (C=O) groups is 1. The molecule has 0 aliphatic carbocycles. The molecule has 0 fully saturated rings. The molecule has 0 aliphatic heterocycles. The third-order valence-electron chi connectivity index (χ3n) is 3.41. The largest absolute Gasteiger partial charge is 0.497 e. The van der Waals surface area contributed by atoms with Crippen LogP contribution in [0, 0.1) is 0 Å². The van der Waals surface area contributed by atoms with Gasteiger partial charge in [0.1, 0.15) is 5.75 Å². The van der Waals surface area contributed by atoms with Crippen LogP contribution in [0.1, 0.15) is 35.3 Å². The number of nitrogens with one attached hydrogen (secondary N) is 1. The smallest absolute Gasteiger partial charge is 0.253 e. The monoisotopic (exact) mass is 381 g/mol. The summed E-state index contributed by atoms with van der Waals surface area (Å²) in [6, 6.07) is 12.8. The van der Waals surface area contributed by atoms with E-state index in [1.165, 1.54) is 0 Å². The van der Waals surface area contributed by atoms with E-state index >= 15 is 0 Å². The summed E-state index contributed by atoms with van der Waals surface area (Å²) in [5.74, 6) is 0.612. The molecule has 22 heavy (non-hydrogen) atoms. The van der Waals surface area contributed by atoms with Crippen molar-refractivity contribution in [2.75, 3.05) is 7.11 Å². The summed E-state index contributed by atoms with van der Waals surface area (Å²) < 4.78 is 5.99. The lowest BCUT2D eigenvalue weighted by Gasteiger charge is -2.18. The Morgan fingerprint density at radius 1 is 1.27 bits per heavy atom. The molecule has 2 rings (SSSR count). The van der Waals surface area contributed by atoms with E-state index in [1.54, 1.807) is 25.3 Å². The van der Waals surface area contributed by atoms with Gasteiger partial charge in [-0.15, -0.1) is 0 Å². The number of rotatable bonds is 5. The number of ether oxygens (including phenoxy) is 1. The van der Waals surface area contributed by atoms with Crippen molar-refractivity contribution in [1.29, 1.82) is 0 Å². The van der Waals surface area contributed by atoms with Crippen LogP contribution in [-0.2, 0) is 0 Å². The summed E-state index contributed by atoms with van der Waals surface area (Å²) in [7, 11) is 1.63. The number of carbonyl (C=O) groups excluding carboxylic acids is 1. The maximum absolute atomic E-state index is 12.4. The van der Waals surface area contributed by atoms with Gasteiger partial charge in [0, 0.05) is 4.47 Å². The van der Waals surface area contributed by atoms with Gasteiger partial charge in [0.25, 0.3) is 5.91 Å². The molecule has 3 nitrogen and oxygen atoms in total. The van der Waals surface area contributed by atoms with E-state index in [1.807, 2.05) is 31.2 Å². The minimum atomic E-state index is -0.180. The van der Waals surface area contributed by atoms with E-state index in [0.717, 1.165) is 22.2 Å². The van der Waals surface area contributed by atoms with Crippen molar-refractivity contribution in [2.45, 2.75) is 19.4 Å². The lowest BCUT2D eigenvalue weighted by molar-refractivity contribution is 0.0935. The lowest BCUT2D eigenvalue weighted by Crippen LogP contribution is -2.28. The van der Waals surface area contributed by atoms with Crippen molar-refractivity contribution in [3.05, 3.63) is 63.1 Å². The molecule has 1 unspecified atom stereocenters. The topological polar surface area (TPSA) is 38.3 Å². The van der Waals surface area contributed by atoms with Crippen LogP contribution < -0.4 is 10.1 Å². The molecule has 116 valence electrons. The summed E-state index contributed by atoms with van der Waals surface area (Å²) in [6.45, 7) is 2.03. The van der Waals surface area contributed by atoms with Crippen LogP contribution in [0.5, 0.6) is 5.75 Å². The highest BCUT2D eigenvalue weighted by Crippen LogP contribution is 2.24. The average Bonchev–Trinajstić information content (AvgIpc) is 2.52. The molecule has 2 aromatic rings.